The van der Waals surface area contributed by atoms with Crippen molar-refractivity contribution in [3.8, 4) is 11.3 Å². The maximum Gasteiger partial charge on any atom is 0.134 e. The van der Waals surface area contributed by atoms with Gasteiger partial charge in [0.25, 0.3) is 0 Å². The summed E-state index contributed by atoms with van der Waals surface area (Å²) in [4.78, 5) is 0. The standard InChI is InChI=1S/C15H18ClNO.ClH/c1-11(2)9-17-10-14-6-7-15(18-14)12-4-3-5-13(16)8-12;/h3-8,11,17H,9-10H2,1-2H3;1H. The summed E-state index contributed by atoms with van der Waals surface area (Å²) in [6, 6.07) is 11.7. The van der Waals surface area contributed by atoms with Crippen molar-refractivity contribution in [2.45, 2.75) is 20.4 Å². The van der Waals surface area contributed by atoms with Crippen molar-refractivity contribution in [2.24, 2.45) is 5.92 Å². The predicted molar refractivity (Wildman–Crippen MR) is 82.9 cm³/mol. The third kappa shape index (κ3) is 4.90. The van der Waals surface area contributed by atoms with E-state index in [-0.39, 0.29) is 12.4 Å². The third-order valence-electron chi connectivity index (χ3n) is 2.62. The van der Waals surface area contributed by atoms with E-state index in [4.69, 9.17) is 16.0 Å². The average Bonchev–Trinajstić information content (AvgIpc) is 2.77. The average molecular weight is 300 g/mol. The fourth-order valence-corrected chi connectivity index (χ4v) is 1.94. The second-order valence-electron chi connectivity index (χ2n) is 4.80. The Morgan fingerprint density at radius 2 is 2.00 bits per heavy atom. The Kier molecular flexibility index (Phi) is 6.43. The van der Waals surface area contributed by atoms with E-state index >= 15 is 0 Å². The molecular formula is C15H19Cl2NO. The van der Waals surface area contributed by atoms with Gasteiger partial charge >= 0.3 is 0 Å². The Morgan fingerprint density at radius 1 is 1.21 bits per heavy atom. The number of hydrogen-bond donors (Lipinski definition) is 1. The number of halogens is 2. The Balaban J connectivity index is 0.00000180. The first-order chi connectivity index (χ1) is 8.65. The van der Waals surface area contributed by atoms with Gasteiger partial charge < -0.3 is 9.73 Å². The molecule has 0 fully saturated rings. The van der Waals surface area contributed by atoms with Crippen molar-refractivity contribution < 1.29 is 4.42 Å². The fourth-order valence-electron chi connectivity index (χ4n) is 1.75. The van der Waals surface area contributed by atoms with E-state index in [0.717, 1.165) is 35.2 Å². The molecule has 0 unspecified atom stereocenters. The van der Waals surface area contributed by atoms with Crippen molar-refractivity contribution in [1.29, 1.82) is 0 Å². The van der Waals surface area contributed by atoms with E-state index in [0.29, 0.717) is 5.92 Å². The molecule has 4 heteroatoms. The van der Waals surface area contributed by atoms with E-state index < -0.39 is 0 Å². The fraction of sp³-hybridized carbons (Fsp3) is 0.333. The lowest BCUT2D eigenvalue weighted by molar-refractivity contribution is 0.472. The van der Waals surface area contributed by atoms with Crippen LogP contribution in [0.3, 0.4) is 0 Å². The van der Waals surface area contributed by atoms with E-state index in [9.17, 15) is 0 Å². The van der Waals surface area contributed by atoms with E-state index in [1.807, 2.05) is 36.4 Å². The van der Waals surface area contributed by atoms with Crippen LogP contribution in [-0.4, -0.2) is 6.54 Å². The summed E-state index contributed by atoms with van der Waals surface area (Å²) in [5.41, 5.74) is 1.01. The summed E-state index contributed by atoms with van der Waals surface area (Å²) in [6.07, 6.45) is 0. The van der Waals surface area contributed by atoms with Crippen molar-refractivity contribution in [2.75, 3.05) is 6.54 Å². The molecule has 1 N–H and O–H groups in total. The van der Waals surface area contributed by atoms with Crippen LogP contribution in [0.5, 0.6) is 0 Å². The third-order valence-corrected chi connectivity index (χ3v) is 2.86. The van der Waals surface area contributed by atoms with Gasteiger partial charge in [-0.3, -0.25) is 0 Å². The zero-order chi connectivity index (χ0) is 13.0. The molecule has 0 bridgehead atoms. The minimum absolute atomic E-state index is 0. The summed E-state index contributed by atoms with van der Waals surface area (Å²) >= 11 is 5.97. The molecule has 104 valence electrons. The largest absolute Gasteiger partial charge is 0.460 e. The van der Waals surface area contributed by atoms with E-state index in [1.54, 1.807) is 0 Å². The van der Waals surface area contributed by atoms with Crippen LogP contribution in [0.4, 0.5) is 0 Å². The molecule has 0 aliphatic carbocycles. The minimum atomic E-state index is 0. The molecule has 1 heterocycles. The molecule has 0 amide bonds. The van der Waals surface area contributed by atoms with Gasteiger partial charge in [-0.25, -0.2) is 0 Å². The normalized spacial score (nSPS) is 10.5. The predicted octanol–water partition coefficient (Wildman–Crippen LogP) is 4.77. The first-order valence-corrected chi connectivity index (χ1v) is 6.58. The van der Waals surface area contributed by atoms with Gasteiger partial charge in [0.05, 0.1) is 6.54 Å². The quantitative estimate of drug-likeness (QED) is 0.860. The zero-order valence-corrected chi connectivity index (χ0v) is 12.7. The van der Waals surface area contributed by atoms with Crippen LogP contribution in [0, 0.1) is 5.92 Å². The molecule has 0 atom stereocenters. The Bertz CT molecular complexity index is 508. The lowest BCUT2D eigenvalue weighted by Gasteiger charge is -2.05. The van der Waals surface area contributed by atoms with Crippen molar-refractivity contribution in [1.82, 2.24) is 5.32 Å². The van der Waals surface area contributed by atoms with Crippen molar-refractivity contribution >= 4 is 24.0 Å². The molecule has 2 aromatic rings. The monoisotopic (exact) mass is 299 g/mol. The first kappa shape index (κ1) is 16.1. The van der Waals surface area contributed by atoms with Crippen LogP contribution in [0.1, 0.15) is 19.6 Å². The molecule has 0 aliphatic rings. The van der Waals surface area contributed by atoms with E-state index in [2.05, 4.69) is 19.2 Å². The van der Waals surface area contributed by atoms with Gasteiger partial charge in [-0.2, -0.15) is 0 Å². The Morgan fingerprint density at radius 3 is 2.68 bits per heavy atom. The van der Waals surface area contributed by atoms with Gasteiger partial charge in [0, 0.05) is 10.6 Å². The summed E-state index contributed by atoms with van der Waals surface area (Å²) in [5, 5.41) is 4.08. The molecule has 0 saturated heterocycles. The summed E-state index contributed by atoms with van der Waals surface area (Å²) in [5.74, 6) is 2.46. The van der Waals surface area contributed by atoms with Crippen LogP contribution >= 0.6 is 24.0 Å². The topological polar surface area (TPSA) is 25.2 Å². The zero-order valence-electron chi connectivity index (χ0n) is 11.2. The summed E-state index contributed by atoms with van der Waals surface area (Å²) in [6.45, 7) is 6.13. The second kappa shape index (κ2) is 7.59. The van der Waals surface area contributed by atoms with Crippen molar-refractivity contribution in [3.63, 3.8) is 0 Å². The van der Waals surface area contributed by atoms with Crippen molar-refractivity contribution in [3.05, 3.63) is 47.2 Å². The Hall–Kier alpha value is -0.960. The van der Waals surface area contributed by atoms with Gasteiger partial charge in [0.15, 0.2) is 0 Å². The highest BCUT2D eigenvalue weighted by molar-refractivity contribution is 6.30. The molecule has 1 aromatic carbocycles. The summed E-state index contributed by atoms with van der Waals surface area (Å²) < 4.78 is 5.79. The van der Waals surface area contributed by atoms with Crippen LogP contribution in [0.15, 0.2) is 40.8 Å². The van der Waals surface area contributed by atoms with Gasteiger partial charge in [-0.05, 0) is 36.7 Å². The highest BCUT2D eigenvalue weighted by atomic mass is 35.5. The molecule has 0 radical (unpaired) electrons. The van der Waals surface area contributed by atoms with Crippen LogP contribution in [-0.2, 0) is 6.54 Å². The molecule has 0 saturated carbocycles. The van der Waals surface area contributed by atoms with E-state index in [1.165, 1.54) is 0 Å². The highest BCUT2D eigenvalue weighted by Gasteiger charge is 2.05. The highest BCUT2D eigenvalue weighted by Crippen LogP contribution is 2.24. The minimum Gasteiger partial charge on any atom is -0.460 e. The van der Waals surface area contributed by atoms with Gasteiger partial charge in [0.1, 0.15) is 11.5 Å². The molecule has 2 rings (SSSR count). The molecule has 2 nitrogen and oxygen atoms in total. The smallest absolute Gasteiger partial charge is 0.134 e. The number of nitrogens with one attached hydrogen (secondary N) is 1. The van der Waals surface area contributed by atoms with Gasteiger partial charge in [-0.1, -0.05) is 37.6 Å². The lowest BCUT2D eigenvalue weighted by atomic mass is 10.2. The maximum atomic E-state index is 5.97. The second-order valence-corrected chi connectivity index (χ2v) is 5.24. The molecule has 19 heavy (non-hydrogen) atoms. The van der Waals surface area contributed by atoms with Gasteiger partial charge in [0.2, 0.25) is 0 Å². The first-order valence-electron chi connectivity index (χ1n) is 6.20. The van der Waals surface area contributed by atoms with Crippen LogP contribution < -0.4 is 5.32 Å². The van der Waals surface area contributed by atoms with Gasteiger partial charge in [-0.15, -0.1) is 12.4 Å². The number of hydrogen-bond acceptors (Lipinski definition) is 2. The number of benzene rings is 1. The SMILES string of the molecule is CC(C)CNCc1ccc(-c2cccc(Cl)c2)o1.Cl. The molecular weight excluding hydrogens is 281 g/mol. The lowest BCUT2D eigenvalue weighted by Crippen LogP contribution is -2.18. The Labute approximate surface area is 125 Å². The summed E-state index contributed by atoms with van der Waals surface area (Å²) in [7, 11) is 0. The molecule has 1 aromatic heterocycles. The molecule has 0 aliphatic heterocycles. The number of rotatable bonds is 5. The molecule has 0 spiro atoms. The maximum absolute atomic E-state index is 5.97. The van der Waals surface area contributed by atoms with Crippen LogP contribution in [0.25, 0.3) is 11.3 Å². The number of furan rings is 1. The van der Waals surface area contributed by atoms with Crippen LogP contribution in [0.2, 0.25) is 5.02 Å².